The Hall–Kier alpha value is -3.20. The van der Waals surface area contributed by atoms with Gasteiger partial charge in [-0.25, -0.2) is 9.37 Å². The van der Waals surface area contributed by atoms with E-state index in [1.165, 1.54) is 35.2 Å². The molecule has 0 radical (unpaired) electrons. The first-order chi connectivity index (χ1) is 17.4. The summed E-state index contributed by atoms with van der Waals surface area (Å²) in [6.07, 6.45) is 0.849. The van der Waals surface area contributed by atoms with Crippen molar-refractivity contribution in [2.45, 2.75) is 29.9 Å². The smallest absolute Gasteiger partial charge is 0.239 e. The molecule has 3 aromatic carbocycles. The second-order valence-corrected chi connectivity index (χ2v) is 10.5. The van der Waals surface area contributed by atoms with Crippen molar-refractivity contribution in [3.63, 3.8) is 0 Å². The highest BCUT2D eigenvalue weighted by Crippen LogP contribution is 2.30. The number of halogens is 2. The Kier molecular flexibility index (Phi) is 8.74. The van der Waals surface area contributed by atoms with Crippen LogP contribution >= 0.6 is 34.7 Å². The highest BCUT2D eigenvalue weighted by atomic mass is 35.5. The third-order valence-corrected chi connectivity index (χ3v) is 7.58. The Morgan fingerprint density at radius 3 is 2.53 bits per heavy atom. The first-order valence-corrected chi connectivity index (χ1v) is 13.4. The first-order valence-electron chi connectivity index (χ1n) is 11.2. The van der Waals surface area contributed by atoms with Gasteiger partial charge in [-0.3, -0.25) is 9.59 Å². The van der Waals surface area contributed by atoms with Crippen molar-refractivity contribution in [2.75, 3.05) is 10.6 Å². The largest absolute Gasteiger partial charge is 0.326 e. The lowest BCUT2D eigenvalue weighted by Crippen LogP contribution is -2.24. The molecule has 1 aromatic heterocycles. The van der Waals surface area contributed by atoms with E-state index >= 15 is 0 Å². The van der Waals surface area contributed by atoms with Crippen molar-refractivity contribution in [2.24, 2.45) is 0 Å². The van der Waals surface area contributed by atoms with Gasteiger partial charge in [-0.15, -0.1) is 23.1 Å². The number of carbonyl (C=O) groups excluding carboxylic acids is 2. The molecule has 0 aliphatic heterocycles. The molecule has 1 heterocycles. The number of nitrogens with zero attached hydrogens (tertiary/aromatic N) is 1. The first kappa shape index (κ1) is 25.9. The molecule has 2 amide bonds. The van der Waals surface area contributed by atoms with Gasteiger partial charge < -0.3 is 10.6 Å². The highest BCUT2D eigenvalue weighted by molar-refractivity contribution is 8.00. The van der Waals surface area contributed by atoms with Crippen molar-refractivity contribution in [3.8, 4) is 11.3 Å². The SMILES string of the molecule is CCC(Sc1cccc(NC(=O)Cc2ccc(Cl)cc2)c1)C(=O)Nc1nc(-c2ccc(F)cc2)cs1. The van der Waals surface area contributed by atoms with Crippen LogP contribution in [0, 0.1) is 5.82 Å². The number of carbonyl (C=O) groups is 2. The molecule has 4 aromatic rings. The molecule has 0 bridgehead atoms. The molecule has 36 heavy (non-hydrogen) atoms. The molecule has 0 aliphatic rings. The van der Waals surface area contributed by atoms with Gasteiger partial charge in [0.1, 0.15) is 5.82 Å². The fourth-order valence-electron chi connectivity index (χ4n) is 3.40. The summed E-state index contributed by atoms with van der Waals surface area (Å²) in [5.41, 5.74) is 3.00. The molecule has 4 rings (SSSR count). The molecule has 9 heteroatoms. The molecular formula is C27H23ClFN3O2S2. The summed E-state index contributed by atoms with van der Waals surface area (Å²) in [7, 11) is 0. The van der Waals surface area contributed by atoms with E-state index in [0.717, 1.165) is 16.0 Å². The number of rotatable bonds is 9. The number of benzene rings is 3. The van der Waals surface area contributed by atoms with E-state index in [-0.39, 0.29) is 29.3 Å². The van der Waals surface area contributed by atoms with Crippen molar-refractivity contribution in [1.29, 1.82) is 0 Å². The van der Waals surface area contributed by atoms with Crippen LogP contribution in [0.3, 0.4) is 0 Å². The van der Waals surface area contributed by atoms with Gasteiger partial charge >= 0.3 is 0 Å². The number of amides is 2. The van der Waals surface area contributed by atoms with Crippen molar-refractivity contribution in [3.05, 3.63) is 94.6 Å². The summed E-state index contributed by atoms with van der Waals surface area (Å²) in [4.78, 5) is 30.7. The lowest BCUT2D eigenvalue weighted by molar-refractivity contribution is -0.116. The molecule has 1 atom stereocenters. The maximum atomic E-state index is 13.2. The van der Waals surface area contributed by atoms with Crippen molar-refractivity contribution >= 4 is 57.3 Å². The molecule has 0 spiro atoms. The Morgan fingerprint density at radius 1 is 1.06 bits per heavy atom. The van der Waals surface area contributed by atoms with Crippen LogP contribution in [0.4, 0.5) is 15.2 Å². The van der Waals surface area contributed by atoms with Gasteiger partial charge in [0.2, 0.25) is 11.8 Å². The molecule has 2 N–H and O–H groups in total. The van der Waals surface area contributed by atoms with Crippen LogP contribution in [-0.4, -0.2) is 22.0 Å². The van der Waals surface area contributed by atoms with E-state index in [1.807, 2.05) is 48.7 Å². The Balaban J connectivity index is 1.35. The number of aromatic nitrogens is 1. The Morgan fingerprint density at radius 2 is 1.81 bits per heavy atom. The van der Waals surface area contributed by atoms with Crippen LogP contribution in [0.5, 0.6) is 0 Å². The van der Waals surface area contributed by atoms with Crippen LogP contribution < -0.4 is 10.6 Å². The fourth-order valence-corrected chi connectivity index (χ4v) is 5.26. The fraction of sp³-hybridized carbons (Fsp3) is 0.148. The lowest BCUT2D eigenvalue weighted by Gasteiger charge is -2.14. The maximum Gasteiger partial charge on any atom is 0.239 e. The zero-order valence-electron chi connectivity index (χ0n) is 19.3. The predicted molar refractivity (Wildman–Crippen MR) is 146 cm³/mol. The van der Waals surface area contributed by atoms with E-state index in [4.69, 9.17) is 11.6 Å². The van der Waals surface area contributed by atoms with Crippen molar-refractivity contribution < 1.29 is 14.0 Å². The van der Waals surface area contributed by atoms with Crippen LogP contribution in [-0.2, 0) is 16.0 Å². The topological polar surface area (TPSA) is 71.1 Å². The van der Waals surface area contributed by atoms with Crippen molar-refractivity contribution in [1.82, 2.24) is 4.98 Å². The summed E-state index contributed by atoms with van der Waals surface area (Å²) in [6, 6.07) is 20.7. The molecule has 0 saturated heterocycles. The predicted octanol–water partition coefficient (Wildman–Crippen LogP) is 7.29. The molecule has 0 saturated carbocycles. The standard InChI is InChI=1S/C27H23ClFN3O2S2/c1-2-24(26(34)32-27-31-23(16-35-27)18-8-12-20(29)13-9-18)36-22-5-3-4-21(15-22)30-25(33)14-17-6-10-19(28)11-7-17/h3-13,15-16,24H,2,14H2,1H3,(H,30,33)(H,31,32,34). The number of hydrogen-bond donors (Lipinski definition) is 2. The molecule has 184 valence electrons. The van der Waals surface area contributed by atoms with E-state index in [9.17, 15) is 14.0 Å². The Bertz CT molecular complexity index is 1340. The van der Waals surface area contributed by atoms with E-state index in [1.54, 1.807) is 24.3 Å². The number of thioether (sulfide) groups is 1. The van der Waals surface area contributed by atoms with Crippen LogP contribution in [0.25, 0.3) is 11.3 Å². The van der Waals surface area contributed by atoms with Gasteiger partial charge in [-0.1, -0.05) is 36.7 Å². The zero-order chi connectivity index (χ0) is 25.5. The minimum absolute atomic E-state index is 0.134. The summed E-state index contributed by atoms with van der Waals surface area (Å²) >= 11 is 8.65. The average molecular weight is 540 g/mol. The number of hydrogen-bond acceptors (Lipinski definition) is 5. The monoisotopic (exact) mass is 539 g/mol. The Labute approximate surface area is 222 Å². The zero-order valence-corrected chi connectivity index (χ0v) is 21.7. The highest BCUT2D eigenvalue weighted by Gasteiger charge is 2.20. The summed E-state index contributed by atoms with van der Waals surface area (Å²) in [5.74, 6) is -0.597. The number of nitrogens with one attached hydrogen (secondary N) is 2. The normalized spacial score (nSPS) is 11.6. The molecule has 0 fully saturated rings. The average Bonchev–Trinajstić information content (AvgIpc) is 3.33. The maximum absolute atomic E-state index is 13.2. The summed E-state index contributed by atoms with van der Waals surface area (Å²) in [6.45, 7) is 1.95. The summed E-state index contributed by atoms with van der Waals surface area (Å²) in [5, 5.41) is 8.39. The third-order valence-electron chi connectivity index (χ3n) is 5.21. The molecule has 5 nitrogen and oxygen atoms in total. The van der Waals surface area contributed by atoms with Gasteiger partial charge in [-0.05, 0) is 66.6 Å². The van der Waals surface area contributed by atoms with Crippen LogP contribution in [0.15, 0.2) is 83.1 Å². The van der Waals surface area contributed by atoms with Gasteiger partial charge in [0.15, 0.2) is 5.13 Å². The van der Waals surface area contributed by atoms with E-state index < -0.39 is 0 Å². The van der Waals surface area contributed by atoms with E-state index in [0.29, 0.717) is 28.0 Å². The lowest BCUT2D eigenvalue weighted by atomic mass is 10.1. The second-order valence-electron chi connectivity index (χ2n) is 7.93. The number of thiazole rings is 1. The van der Waals surface area contributed by atoms with Gasteiger partial charge in [-0.2, -0.15) is 0 Å². The summed E-state index contributed by atoms with van der Waals surface area (Å²) < 4.78 is 13.2. The second kappa shape index (κ2) is 12.2. The molecular weight excluding hydrogens is 517 g/mol. The minimum atomic E-state index is -0.344. The van der Waals surface area contributed by atoms with Gasteiger partial charge in [0.05, 0.1) is 17.4 Å². The van der Waals surface area contributed by atoms with Crippen LogP contribution in [0.2, 0.25) is 5.02 Å². The third kappa shape index (κ3) is 7.16. The molecule has 1 unspecified atom stereocenters. The van der Waals surface area contributed by atoms with Gasteiger partial charge in [0, 0.05) is 26.5 Å². The van der Waals surface area contributed by atoms with Gasteiger partial charge in [0.25, 0.3) is 0 Å². The minimum Gasteiger partial charge on any atom is -0.326 e. The van der Waals surface area contributed by atoms with E-state index in [2.05, 4.69) is 15.6 Å². The van der Waals surface area contributed by atoms with Crippen LogP contribution in [0.1, 0.15) is 18.9 Å². The quantitative estimate of drug-likeness (QED) is 0.219. The molecule has 0 aliphatic carbocycles. The number of anilines is 2.